The van der Waals surface area contributed by atoms with E-state index in [4.69, 9.17) is 4.74 Å². The van der Waals surface area contributed by atoms with Gasteiger partial charge in [-0.2, -0.15) is 13.2 Å². The molecule has 4 rings (SSSR count). The van der Waals surface area contributed by atoms with Gasteiger partial charge >= 0.3 is 6.18 Å². The number of carbonyl (C=O) groups is 1. The van der Waals surface area contributed by atoms with Crippen LogP contribution >= 0.6 is 11.8 Å². The first-order valence-corrected chi connectivity index (χ1v) is 13.7. The zero-order chi connectivity index (χ0) is 25.2. The molecule has 12 heteroatoms. The Morgan fingerprint density at radius 3 is 2.66 bits per heavy atom. The summed E-state index contributed by atoms with van der Waals surface area (Å²) < 4.78 is 71.1. The maximum Gasteiger partial charge on any atom is 0.418 e. The molecule has 0 aliphatic carbocycles. The van der Waals surface area contributed by atoms with E-state index in [1.165, 1.54) is 23.9 Å². The summed E-state index contributed by atoms with van der Waals surface area (Å²) >= 11 is 1.51. The van der Waals surface area contributed by atoms with Crippen LogP contribution in [0.4, 0.5) is 13.2 Å². The highest BCUT2D eigenvalue weighted by molar-refractivity contribution is 7.98. The Labute approximate surface area is 204 Å². The fourth-order valence-electron chi connectivity index (χ4n) is 4.11. The summed E-state index contributed by atoms with van der Waals surface area (Å²) in [5, 5.41) is 2.78. The van der Waals surface area contributed by atoms with Crippen molar-refractivity contribution in [2.45, 2.75) is 34.9 Å². The number of rotatable bonds is 7. The number of aromatic amines is 1. The lowest BCUT2D eigenvalue weighted by atomic mass is 9.97. The molecule has 2 aromatic carbocycles. The monoisotopic (exact) mass is 527 g/mol. The van der Waals surface area contributed by atoms with E-state index in [-0.39, 0.29) is 46.5 Å². The number of ether oxygens (including phenoxy) is 1. The molecule has 1 amide bonds. The highest BCUT2D eigenvalue weighted by atomic mass is 32.2. The molecule has 1 aliphatic heterocycles. The number of nitrogens with one attached hydrogen (secondary N) is 2. The molecule has 0 bridgehead atoms. The van der Waals surface area contributed by atoms with E-state index in [0.717, 1.165) is 11.0 Å². The van der Waals surface area contributed by atoms with Crippen LogP contribution in [0.3, 0.4) is 0 Å². The van der Waals surface area contributed by atoms with Gasteiger partial charge in [0.15, 0.2) is 9.84 Å². The molecular weight excluding hydrogens is 503 g/mol. The van der Waals surface area contributed by atoms with Crippen LogP contribution in [0, 0.1) is 5.92 Å². The Hall–Kier alpha value is -2.57. The summed E-state index contributed by atoms with van der Waals surface area (Å²) in [6, 6.07) is 9.76. The molecular formula is C23H24F3N3O4S2. The highest BCUT2D eigenvalue weighted by Gasteiger charge is 2.34. The molecule has 7 nitrogen and oxygen atoms in total. The molecule has 0 radical (unpaired) electrons. The predicted octanol–water partition coefficient (Wildman–Crippen LogP) is 3.84. The number of hydrogen-bond donors (Lipinski definition) is 2. The van der Waals surface area contributed by atoms with Crippen LogP contribution < -0.4 is 5.32 Å². The predicted molar refractivity (Wildman–Crippen MR) is 126 cm³/mol. The largest absolute Gasteiger partial charge is 0.418 e. The zero-order valence-corrected chi connectivity index (χ0v) is 20.4. The molecule has 3 aromatic rings. The van der Waals surface area contributed by atoms with Crippen LogP contribution in [-0.2, 0) is 32.0 Å². The minimum atomic E-state index is -4.57. The van der Waals surface area contributed by atoms with Gasteiger partial charge in [-0.15, -0.1) is 11.8 Å². The van der Waals surface area contributed by atoms with Crippen molar-refractivity contribution in [2.24, 2.45) is 5.92 Å². The van der Waals surface area contributed by atoms with E-state index in [2.05, 4.69) is 15.3 Å². The second-order valence-electron chi connectivity index (χ2n) is 8.31. The normalized spacial score (nSPS) is 19.1. The SMILES string of the molecule is CSc1ccc(S(=O)(=O)CC2CCOCC2NC(=O)Cc2nc3c(C(F)(F)F)cccc3[nH]2)cc1. The molecule has 2 N–H and O–H groups in total. The maximum absolute atomic E-state index is 13.2. The van der Waals surface area contributed by atoms with Gasteiger partial charge in [0, 0.05) is 11.5 Å². The third-order valence-corrected chi connectivity index (χ3v) is 8.49. The smallest absolute Gasteiger partial charge is 0.379 e. The number of thioether (sulfide) groups is 1. The first kappa shape index (κ1) is 25.5. The zero-order valence-electron chi connectivity index (χ0n) is 18.8. The van der Waals surface area contributed by atoms with Gasteiger partial charge in [0.25, 0.3) is 0 Å². The molecule has 1 saturated heterocycles. The average molecular weight is 528 g/mol. The van der Waals surface area contributed by atoms with Gasteiger partial charge in [0.1, 0.15) is 11.3 Å². The van der Waals surface area contributed by atoms with Crippen molar-refractivity contribution < 1.29 is 31.1 Å². The van der Waals surface area contributed by atoms with Crippen LogP contribution in [0.2, 0.25) is 0 Å². The van der Waals surface area contributed by atoms with E-state index in [0.29, 0.717) is 13.0 Å². The first-order chi connectivity index (χ1) is 16.6. The number of hydrogen-bond acceptors (Lipinski definition) is 6. The van der Waals surface area contributed by atoms with Crippen LogP contribution in [-0.4, -0.2) is 55.6 Å². The van der Waals surface area contributed by atoms with E-state index in [9.17, 15) is 26.4 Å². The van der Waals surface area contributed by atoms with Crippen LogP contribution in [0.1, 0.15) is 17.8 Å². The highest BCUT2D eigenvalue weighted by Crippen LogP contribution is 2.33. The number of fused-ring (bicyclic) bond motifs is 1. The Kier molecular flexibility index (Phi) is 7.43. The van der Waals surface area contributed by atoms with Crippen LogP contribution in [0.5, 0.6) is 0 Å². The second-order valence-corrected chi connectivity index (χ2v) is 11.2. The van der Waals surface area contributed by atoms with Gasteiger partial charge in [0.05, 0.1) is 40.8 Å². The van der Waals surface area contributed by atoms with Crippen molar-refractivity contribution >= 4 is 38.5 Å². The second kappa shape index (κ2) is 10.2. The van der Waals surface area contributed by atoms with E-state index >= 15 is 0 Å². The van der Waals surface area contributed by atoms with Gasteiger partial charge in [-0.1, -0.05) is 6.07 Å². The molecule has 1 fully saturated rings. The number of benzene rings is 2. The molecule has 0 spiro atoms. The van der Waals surface area contributed by atoms with E-state index < -0.39 is 33.5 Å². The van der Waals surface area contributed by atoms with Crippen molar-refractivity contribution in [2.75, 3.05) is 25.2 Å². The quantitative estimate of drug-likeness (QED) is 0.453. The molecule has 2 atom stereocenters. The fourth-order valence-corrected chi connectivity index (χ4v) is 6.22. The minimum Gasteiger partial charge on any atom is -0.379 e. The minimum absolute atomic E-state index is 0.0870. The van der Waals surface area contributed by atoms with Crippen LogP contribution in [0.15, 0.2) is 52.3 Å². The number of amides is 1. The number of halogens is 3. The van der Waals surface area contributed by atoms with Gasteiger partial charge in [0.2, 0.25) is 5.91 Å². The van der Waals surface area contributed by atoms with Crippen molar-refractivity contribution in [3.8, 4) is 0 Å². The number of imidazole rings is 1. The molecule has 1 aromatic heterocycles. The lowest BCUT2D eigenvalue weighted by molar-refractivity contribution is -0.136. The van der Waals surface area contributed by atoms with E-state index in [1.807, 2.05) is 6.26 Å². The summed E-state index contributed by atoms with van der Waals surface area (Å²) in [5.41, 5.74) is -0.949. The summed E-state index contributed by atoms with van der Waals surface area (Å²) in [4.78, 5) is 20.6. The number of nitrogens with zero attached hydrogens (tertiary/aromatic N) is 1. The fraction of sp³-hybridized carbons (Fsp3) is 0.391. The number of para-hydroxylation sites is 1. The number of carbonyl (C=O) groups excluding carboxylic acids is 1. The van der Waals surface area contributed by atoms with E-state index in [1.54, 1.807) is 24.3 Å². The first-order valence-electron chi connectivity index (χ1n) is 10.9. The van der Waals surface area contributed by atoms with Crippen molar-refractivity contribution in [1.29, 1.82) is 0 Å². The van der Waals surface area contributed by atoms with Crippen molar-refractivity contribution in [1.82, 2.24) is 15.3 Å². The lowest BCUT2D eigenvalue weighted by Crippen LogP contribution is -2.49. The molecule has 2 unspecified atom stereocenters. The van der Waals surface area contributed by atoms with Gasteiger partial charge in [-0.25, -0.2) is 13.4 Å². The summed E-state index contributed by atoms with van der Waals surface area (Å²) in [7, 11) is -3.59. The van der Waals surface area contributed by atoms with Gasteiger partial charge < -0.3 is 15.0 Å². The average Bonchev–Trinajstić information content (AvgIpc) is 3.21. The molecule has 0 saturated carbocycles. The number of alkyl halides is 3. The molecule has 35 heavy (non-hydrogen) atoms. The Balaban J connectivity index is 1.45. The summed E-state index contributed by atoms with van der Waals surface area (Å²) in [6.07, 6.45) is -2.49. The van der Waals surface area contributed by atoms with Crippen molar-refractivity contribution in [3.05, 3.63) is 53.9 Å². The molecule has 2 heterocycles. The Morgan fingerprint density at radius 2 is 1.97 bits per heavy atom. The number of aromatic nitrogens is 2. The number of sulfone groups is 1. The summed E-state index contributed by atoms with van der Waals surface area (Å²) in [6.45, 7) is 0.525. The maximum atomic E-state index is 13.2. The van der Waals surface area contributed by atoms with Gasteiger partial charge in [-0.3, -0.25) is 4.79 Å². The lowest BCUT2D eigenvalue weighted by Gasteiger charge is -2.32. The summed E-state index contributed by atoms with van der Waals surface area (Å²) in [5.74, 6) is -0.922. The number of H-pyrrole nitrogens is 1. The third-order valence-electron chi connectivity index (χ3n) is 5.89. The molecule has 1 aliphatic rings. The topological polar surface area (TPSA) is 101 Å². The Morgan fingerprint density at radius 1 is 1.23 bits per heavy atom. The van der Waals surface area contributed by atoms with Crippen LogP contribution in [0.25, 0.3) is 11.0 Å². The van der Waals surface area contributed by atoms with Crippen molar-refractivity contribution in [3.63, 3.8) is 0 Å². The standard InChI is InChI=1S/C23H24F3N3O4S2/c1-34-15-5-7-16(8-6-15)35(31,32)13-14-9-10-33-12-19(14)28-21(30)11-20-27-18-4-2-3-17(22(18)29-20)23(24,25)26/h2-8,14,19H,9-13H2,1H3,(H,27,29)(H,28,30). The molecule has 188 valence electrons. The van der Waals surface area contributed by atoms with Gasteiger partial charge in [-0.05, 0) is 55.0 Å². The Bertz CT molecular complexity index is 1310. The third kappa shape index (κ3) is 5.99.